The molecular formula is C9H7ClN2O. The van der Waals surface area contributed by atoms with Crippen LogP contribution in [0.3, 0.4) is 0 Å². The molecule has 2 rings (SSSR count). The maximum absolute atomic E-state index is 11.4. The molecule has 0 fully saturated rings. The Bertz CT molecular complexity index is 518. The summed E-state index contributed by atoms with van der Waals surface area (Å²) in [6.07, 6.45) is 1.67. The van der Waals surface area contributed by atoms with E-state index in [4.69, 9.17) is 11.6 Å². The van der Waals surface area contributed by atoms with E-state index in [2.05, 4.69) is 4.98 Å². The van der Waals surface area contributed by atoms with Crippen molar-refractivity contribution in [3.05, 3.63) is 45.5 Å². The summed E-state index contributed by atoms with van der Waals surface area (Å²) in [4.78, 5) is 15.5. The highest BCUT2D eigenvalue weighted by Gasteiger charge is 2.01. The lowest BCUT2D eigenvalue weighted by Crippen LogP contribution is -2.13. The Kier molecular flexibility index (Phi) is 1.81. The van der Waals surface area contributed by atoms with E-state index >= 15 is 0 Å². The fourth-order valence-electron chi connectivity index (χ4n) is 1.23. The minimum atomic E-state index is -0.154. The van der Waals surface area contributed by atoms with Gasteiger partial charge in [0.25, 0.3) is 5.56 Å². The maximum Gasteiger partial charge on any atom is 0.259 e. The summed E-state index contributed by atoms with van der Waals surface area (Å²) in [5.74, 6) is 0. The van der Waals surface area contributed by atoms with Crippen LogP contribution in [-0.2, 0) is 0 Å². The Morgan fingerprint density at radius 1 is 1.54 bits per heavy atom. The average Bonchev–Trinajstić information content (AvgIpc) is 2.07. The molecule has 0 aromatic carbocycles. The number of hydrogen-bond acceptors (Lipinski definition) is 2. The Balaban J connectivity index is 3.03. The second kappa shape index (κ2) is 2.85. The van der Waals surface area contributed by atoms with Gasteiger partial charge >= 0.3 is 0 Å². The van der Waals surface area contributed by atoms with E-state index in [0.29, 0.717) is 5.65 Å². The number of aryl methyl sites for hydroxylation is 1. The molecule has 0 aliphatic heterocycles. The first-order valence-electron chi connectivity index (χ1n) is 3.83. The summed E-state index contributed by atoms with van der Waals surface area (Å²) in [6, 6.07) is 4.99. The monoisotopic (exact) mass is 194 g/mol. The lowest BCUT2D eigenvalue weighted by molar-refractivity contribution is 1.03. The third kappa shape index (κ3) is 1.31. The standard InChI is InChI=1S/C9H7ClN2O/c1-6-3-2-4-12-8(13)5-7(10)11-9(6)12/h2-5H,1H3. The van der Waals surface area contributed by atoms with Gasteiger partial charge in [-0.3, -0.25) is 9.20 Å². The molecule has 0 saturated heterocycles. The van der Waals surface area contributed by atoms with Gasteiger partial charge in [-0.05, 0) is 18.6 Å². The molecule has 0 amide bonds. The van der Waals surface area contributed by atoms with Crippen molar-refractivity contribution in [1.82, 2.24) is 9.38 Å². The second-order valence-corrected chi connectivity index (χ2v) is 3.19. The van der Waals surface area contributed by atoms with Crippen molar-refractivity contribution in [3.8, 4) is 0 Å². The lowest BCUT2D eigenvalue weighted by Gasteiger charge is -2.01. The fourth-order valence-corrected chi connectivity index (χ4v) is 1.41. The van der Waals surface area contributed by atoms with Crippen molar-refractivity contribution in [1.29, 1.82) is 0 Å². The Hall–Kier alpha value is -1.35. The van der Waals surface area contributed by atoms with Crippen LogP contribution >= 0.6 is 11.6 Å². The third-order valence-corrected chi connectivity index (χ3v) is 2.05. The highest BCUT2D eigenvalue weighted by molar-refractivity contribution is 6.29. The predicted molar refractivity (Wildman–Crippen MR) is 51.2 cm³/mol. The molecule has 0 radical (unpaired) electrons. The zero-order valence-corrected chi connectivity index (χ0v) is 7.75. The van der Waals surface area contributed by atoms with Crippen molar-refractivity contribution in [2.24, 2.45) is 0 Å². The van der Waals surface area contributed by atoms with E-state index in [-0.39, 0.29) is 10.7 Å². The second-order valence-electron chi connectivity index (χ2n) is 2.80. The molecule has 0 spiro atoms. The molecule has 4 heteroatoms. The molecule has 0 aliphatic rings. The van der Waals surface area contributed by atoms with Crippen molar-refractivity contribution >= 4 is 17.2 Å². The predicted octanol–water partition coefficient (Wildman–Crippen LogP) is 1.66. The number of rotatable bonds is 0. The van der Waals surface area contributed by atoms with E-state index in [1.54, 1.807) is 12.3 Å². The van der Waals surface area contributed by atoms with Gasteiger partial charge in [0.1, 0.15) is 10.8 Å². The summed E-state index contributed by atoms with van der Waals surface area (Å²) < 4.78 is 1.47. The summed E-state index contributed by atoms with van der Waals surface area (Å²) >= 11 is 5.67. The first-order chi connectivity index (χ1) is 6.18. The molecule has 0 unspecified atom stereocenters. The SMILES string of the molecule is Cc1cccn2c(=O)cc(Cl)nc12. The molecule has 2 aromatic heterocycles. The van der Waals surface area contributed by atoms with Gasteiger partial charge in [-0.1, -0.05) is 17.7 Å². The van der Waals surface area contributed by atoms with Crippen LogP contribution in [0.4, 0.5) is 0 Å². The normalized spacial score (nSPS) is 10.6. The molecule has 13 heavy (non-hydrogen) atoms. The Morgan fingerprint density at radius 2 is 2.31 bits per heavy atom. The van der Waals surface area contributed by atoms with Gasteiger partial charge in [0.05, 0.1) is 0 Å². The molecule has 2 heterocycles. The van der Waals surface area contributed by atoms with Crippen LogP contribution < -0.4 is 5.56 Å². The minimum Gasteiger partial charge on any atom is -0.269 e. The number of hydrogen-bond donors (Lipinski definition) is 0. The first-order valence-corrected chi connectivity index (χ1v) is 4.21. The van der Waals surface area contributed by atoms with Gasteiger partial charge in [-0.2, -0.15) is 0 Å². The fraction of sp³-hybridized carbons (Fsp3) is 0.111. The number of fused-ring (bicyclic) bond motifs is 1. The molecule has 66 valence electrons. The number of halogens is 1. The summed E-state index contributed by atoms with van der Waals surface area (Å²) in [6.45, 7) is 1.89. The first kappa shape index (κ1) is 8.26. The van der Waals surface area contributed by atoms with Crippen molar-refractivity contribution in [2.45, 2.75) is 6.92 Å². The van der Waals surface area contributed by atoms with Crippen LogP contribution in [0.15, 0.2) is 29.2 Å². The number of aromatic nitrogens is 2. The van der Waals surface area contributed by atoms with Gasteiger partial charge in [0, 0.05) is 12.3 Å². The number of pyridine rings is 1. The molecule has 3 nitrogen and oxygen atoms in total. The topological polar surface area (TPSA) is 34.4 Å². The van der Waals surface area contributed by atoms with E-state index in [1.807, 2.05) is 13.0 Å². The molecule has 0 aliphatic carbocycles. The zero-order chi connectivity index (χ0) is 9.42. The average molecular weight is 195 g/mol. The summed E-state index contributed by atoms with van der Waals surface area (Å²) in [5.41, 5.74) is 1.39. The van der Waals surface area contributed by atoms with E-state index < -0.39 is 0 Å². The van der Waals surface area contributed by atoms with Gasteiger partial charge in [-0.25, -0.2) is 4.98 Å². The molecule has 0 saturated carbocycles. The molecule has 0 bridgehead atoms. The molecule has 0 N–H and O–H groups in total. The largest absolute Gasteiger partial charge is 0.269 e. The van der Waals surface area contributed by atoms with Crippen molar-refractivity contribution in [2.75, 3.05) is 0 Å². The molecule has 0 atom stereocenters. The smallest absolute Gasteiger partial charge is 0.259 e. The summed E-state index contributed by atoms with van der Waals surface area (Å²) in [7, 11) is 0. The highest BCUT2D eigenvalue weighted by atomic mass is 35.5. The zero-order valence-electron chi connectivity index (χ0n) is 6.99. The van der Waals surface area contributed by atoms with Crippen LogP contribution in [0.5, 0.6) is 0 Å². The quantitative estimate of drug-likeness (QED) is 0.598. The van der Waals surface area contributed by atoms with Crippen LogP contribution in [0.1, 0.15) is 5.56 Å². The van der Waals surface area contributed by atoms with Crippen molar-refractivity contribution < 1.29 is 0 Å². The minimum absolute atomic E-state index is 0.154. The van der Waals surface area contributed by atoms with Crippen molar-refractivity contribution in [3.63, 3.8) is 0 Å². The van der Waals surface area contributed by atoms with E-state index in [0.717, 1.165) is 5.56 Å². The highest BCUT2D eigenvalue weighted by Crippen LogP contribution is 2.07. The van der Waals surface area contributed by atoms with Gasteiger partial charge < -0.3 is 0 Å². The van der Waals surface area contributed by atoms with Gasteiger partial charge in [0.15, 0.2) is 0 Å². The third-order valence-electron chi connectivity index (χ3n) is 1.85. The van der Waals surface area contributed by atoms with Crippen LogP contribution in [0.2, 0.25) is 5.15 Å². The van der Waals surface area contributed by atoms with Crippen LogP contribution in [-0.4, -0.2) is 9.38 Å². The van der Waals surface area contributed by atoms with E-state index in [9.17, 15) is 4.79 Å². The summed E-state index contributed by atoms with van der Waals surface area (Å²) in [5, 5.41) is 0.235. The Labute approximate surface area is 79.6 Å². The number of nitrogens with zero attached hydrogens (tertiary/aromatic N) is 2. The Morgan fingerprint density at radius 3 is 3.08 bits per heavy atom. The van der Waals surface area contributed by atoms with Gasteiger partial charge in [0.2, 0.25) is 0 Å². The van der Waals surface area contributed by atoms with Crippen LogP contribution in [0.25, 0.3) is 5.65 Å². The van der Waals surface area contributed by atoms with Crippen LogP contribution in [0, 0.1) is 6.92 Å². The van der Waals surface area contributed by atoms with Gasteiger partial charge in [-0.15, -0.1) is 0 Å². The molecule has 2 aromatic rings. The lowest BCUT2D eigenvalue weighted by atomic mass is 10.3. The van der Waals surface area contributed by atoms with E-state index in [1.165, 1.54) is 10.5 Å². The maximum atomic E-state index is 11.4. The molecular weight excluding hydrogens is 188 g/mol.